The van der Waals surface area contributed by atoms with Crippen molar-refractivity contribution in [3.05, 3.63) is 21.6 Å². The number of rotatable bonds is 4. The molecule has 0 saturated heterocycles. The fourth-order valence-electron chi connectivity index (χ4n) is 0.890. The van der Waals surface area contributed by atoms with Crippen LogP contribution in [-0.2, 0) is 0 Å². The summed E-state index contributed by atoms with van der Waals surface area (Å²) in [4.78, 5) is 21.3. The molecule has 0 bridgehead atoms. The number of halogens is 1. The van der Waals surface area contributed by atoms with Crippen molar-refractivity contribution >= 4 is 23.3 Å². The Morgan fingerprint density at radius 2 is 2.33 bits per heavy atom. The molecular weight excluding hydrogens is 222 g/mol. The van der Waals surface area contributed by atoms with Crippen molar-refractivity contribution in [1.82, 2.24) is 15.5 Å². The van der Waals surface area contributed by atoms with Crippen molar-refractivity contribution in [1.29, 1.82) is 0 Å². The number of carbonyl (C=O) groups is 1. The largest absolute Gasteiger partial charge is 0.381 e. The Morgan fingerprint density at radius 3 is 3.00 bits per heavy atom. The summed E-state index contributed by atoms with van der Waals surface area (Å²) in [5.74, 6) is 0. The summed E-state index contributed by atoms with van der Waals surface area (Å²) in [6.07, 6.45) is 1.38. The molecule has 1 aromatic heterocycles. The van der Waals surface area contributed by atoms with E-state index >= 15 is 0 Å². The average molecular weight is 232 g/mol. The number of nitrogens with one attached hydrogen (secondary N) is 3. The zero-order valence-electron chi connectivity index (χ0n) is 7.71. The summed E-state index contributed by atoms with van der Waals surface area (Å²) in [5.41, 5.74) is 4.80. The van der Waals surface area contributed by atoms with Gasteiger partial charge in [0.2, 0.25) is 0 Å². The molecule has 8 heteroatoms. The van der Waals surface area contributed by atoms with Gasteiger partial charge in [-0.15, -0.1) is 0 Å². The third-order valence-electron chi connectivity index (χ3n) is 1.54. The lowest BCUT2D eigenvalue weighted by molar-refractivity contribution is 0.249. The van der Waals surface area contributed by atoms with Gasteiger partial charge in [0, 0.05) is 13.1 Å². The number of nitrogens with zero attached hydrogens (tertiary/aromatic N) is 1. The van der Waals surface area contributed by atoms with Gasteiger partial charge >= 0.3 is 6.03 Å². The lowest BCUT2D eigenvalue weighted by atomic mass is 10.4. The summed E-state index contributed by atoms with van der Waals surface area (Å²) in [6, 6.07) is -0.605. The lowest BCUT2D eigenvalue weighted by Crippen LogP contribution is -2.33. The Labute approximate surface area is 90.0 Å². The van der Waals surface area contributed by atoms with Gasteiger partial charge in [-0.3, -0.25) is 4.79 Å². The van der Waals surface area contributed by atoms with Crippen molar-refractivity contribution in [2.24, 2.45) is 5.73 Å². The number of amides is 2. The Balaban J connectivity index is 2.48. The van der Waals surface area contributed by atoms with E-state index in [4.69, 9.17) is 17.3 Å². The fourth-order valence-corrected chi connectivity index (χ4v) is 1.05. The number of urea groups is 1. The van der Waals surface area contributed by atoms with Crippen molar-refractivity contribution in [3.8, 4) is 0 Å². The van der Waals surface area contributed by atoms with Crippen LogP contribution in [0, 0.1) is 0 Å². The number of aromatic nitrogens is 2. The van der Waals surface area contributed by atoms with Gasteiger partial charge < -0.3 is 16.4 Å². The minimum atomic E-state index is -0.605. The van der Waals surface area contributed by atoms with E-state index < -0.39 is 11.6 Å². The van der Waals surface area contributed by atoms with E-state index in [1.165, 1.54) is 6.20 Å². The molecule has 0 spiro atoms. The molecule has 0 radical (unpaired) electrons. The normalized spacial score (nSPS) is 9.67. The zero-order valence-corrected chi connectivity index (χ0v) is 8.47. The number of aromatic amines is 1. The zero-order chi connectivity index (χ0) is 11.3. The Morgan fingerprint density at radius 1 is 1.60 bits per heavy atom. The summed E-state index contributed by atoms with van der Waals surface area (Å²) >= 11 is 5.68. The number of nitrogens with two attached hydrogens (primary N) is 1. The number of H-pyrrole nitrogens is 1. The van der Waals surface area contributed by atoms with Crippen molar-refractivity contribution in [2.75, 3.05) is 18.4 Å². The van der Waals surface area contributed by atoms with Gasteiger partial charge in [-0.25, -0.2) is 9.89 Å². The highest BCUT2D eigenvalue weighted by molar-refractivity contribution is 6.32. The van der Waals surface area contributed by atoms with Crippen LogP contribution in [0.3, 0.4) is 0 Å². The van der Waals surface area contributed by atoms with Crippen molar-refractivity contribution in [3.63, 3.8) is 0 Å². The predicted octanol–water partition coefficient (Wildman–Crippen LogP) is -0.497. The average Bonchev–Trinajstić information content (AvgIpc) is 2.18. The number of anilines is 1. The van der Waals surface area contributed by atoms with Crippen LogP contribution in [0.1, 0.15) is 0 Å². The topological polar surface area (TPSA) is 113 Å². The maximum atomic E-state index is 11.0. The Kier molecular flexibility index (Phi) is 3.92. The quantitative estimate of drug-likeness (QED) is 0.524. The molecule has 1 heterocycles. The molecule has 1 rings (SSSR count). The molecular formula is C7H10ClN5O2. The number of hydrogen-bond acceptors (Lipinski definition) is 4. The van der Waals surface area contributed by atoms with Crippen LogP contribution in [0.15, 0.2) is 11.0 Å². The number of primary amides is 1. The van der Waals surface area contributed by atoms with Crippen LogP contribution in [-0.4, -0.2) is 29.3 Å². The SMILES string of the molecule is NC(=O)NCCNc1cn[nH]c(=O)c1Cl. The molecule has 7 nitrogen and oxygen atoms in total. The van der Waals surface area contributed by atoms with Crippen LogP contribution >= 0.6 is 11.6 Å². The maximum absolute atomic E-state index is 11.0. The first-order valence-corrected chi connectivity index (χ1v) is 4.49. The third kappa shape index (κ3) is 3.47. The predicted molar refractivity (Wildman–Crippen MR) is 55.9 cm³/mol. The summed E-state index contributed by atoms with van der Waals surface area (Å²) in [7, 11) is 0. The monoisotopic (exact) mass is 231 g/mol. The molecule has 0 aromatic carbocycles. The summed E-state index contributed by atoms with van der Waals surface area (Å²) in [5, 5.41) is 11.0. The van der Waals surface area contributed by atoms with Gasteiger partial charge in [-0.1, -0.05) is 11.6 Å². The summed E-state index contributed by atoms with van der Waals surface area (Å²) in [6.45, 7) is 0.728. The second-order valence-electron chi connectivity index (χ2n) is 2.64. The fraction of sp³-hybridized carbons (Fsp3) is 0.286. The van der Waals surface area contributed by atoms with Gasteiger partial charge in [0.05, 0.1) is 11.9 Å². The highest BCUT2D eigenvalue weighted by Crippen LogP contribution is 2.13. The molecule has 0 saturated carbocycles. The molecule has 2 amide bonds. The van der Waals surface area contributed by atoms with Gasteiger partial charge in [0.15, 0.2) is 0 Å². The van der Waals surface area contributed by atoms with Crippen molar-refractivity contribution in [2.45, 2.75) is 0 Å². The second kappa shape index (κ2) is 5.20. The molecule has 0 unspecified atom stereocenters. The van der Waals surface area contributed by atoms with E-state index in [2.05, 4.69) is 20.8 Å². The highest BCUT2D eigenvalue weighted by atomic mass is 35.5. The molecule has 0 atom stereocenters. The van der Waals surface area contributed by atoms with Crippen LogP contribution in [0.5, 0.6) is 0 Å². The van der Waals surface area contributed by atoms with E-state index in [1.807, 2.05) is 0 Å². The molecule has 1 aromatic rings. The van der Waals surface area contributed by atoms with Crippen LogP contribution in [0.2, 0.25) is 5.02 Å². The van der Waals surface area contributed by atoms with E-state index in [0.29, 0.717) is 18.8 Å². The van der Waals surface area contributed by atoms with Gasteiger partial charge in [-0.2, -0.15) is 5.10 Å². The van der Waals surface area contributed by atoms with Gasteiger partial charge in [0.25, 0.3) is 5.56 Å². The molecule has 5 N–H and O–H groups in total. The first-order chi connectivity index (χ1) is 7.11. The first-order valence-electron chi connectivity index (χ1n) is 4.11. The second-order valence-corrected chi connectivity index (χ2v) is 3.02. The maximum Gasteiger partial charge on any atom is 0.312 e. The third-order valence-corrected chi connectivity index (χ3v) is 1.91. The first kappa shape index (κ1) is 11.3. The minimum absolute atomic E-state index is 0.0316. The number of hydrogen-bond donors (Lipinski definition) is 4. The van der Waals surface area contributed by atoms with E-state index in [9.17, 15) is 9.59 Å². The number of carbonyl (C=O) groups excluding carboxylic acids is 1. The summed E-state index contributed by atoms with van der Waals surface area (Å²) < 4.78 is 0. The molecule has 15 heavy (non-hydrogen) atoms. The smallest absolute Gasteiger partial charge is 0.312 e. The van der Waals surface area contributed by atoms with Crippen LogP contribution in [0.25, 0.3) is 0 Å². The van der Waals surface area contributed by atoms with Gasteiger partial charge in [0.1, 0.15) is 5.02 Å². The Hall–Kier alpha value is -1.76. The molecule has 0 fully saturated rings. The van der Waals surface area contributed by atoms with Crippen LogP contribution in [0.4, 0.5) is 10.5 Å². The van der Waals surface area contributed by atoms with E-state index in [0.717, 1.165) is 0 Å². The highest BCUT2D eigenvalue weighted by Gasteiger charge is 2.03. The van der Waals surface area contributed by atoms with E-state index in [-0.39, 0.29) is 5.02 Å². The molecule has 0 aliphatic rings. The van der Waals surface area contributed by atoms with Crippen molar-refractivity contribution < 1.29 is 4.79 Å². The minimum Gasteiger partial charge on any atom is -0.381 e. The molecule has 82 valence electrons. The standard InChI is InChI=1S/C7H10ClN5O2/c8-5-4(3-12-13-6(5)14)10-1-2-11-7(9)15/h3H,1-2H2,(H3,9,11,15)(H2,10,13,14). The Bertz CT molecular complexity index is 405. The lowest BCUT2D eigenvalue weighted by Gasteiger charge is -2.06. The van der Waals surface area contributed by atoms with Gasteiger partial charge in [-0.05, 0) is 0 Å². The van der Waals surface area contributed by atoms with Crippen LogP contribution < -0.4 is 21.9 Å². The van der Waals surface area contributed by atoms with E-state index in [1.54, 1.807) is 0 Å². The molecule has 0 aliphatic carbocycles. The molecule has 0 aliphatic heterocycles.